The van der Waals surface area contributed by atoms with Crippen molar-refractivity contribution in [3.05, 3.63) is 0 Å². The molecule has 1 atom stereocenters. The average Bonchev–Trinajstić information content (AvgIpc) is 2.69. The summed E-state index contributed by atoms with van der Waals surface area (Å²) in [4.78, 5) is 0. The lowest BCUT2D eigenvalue weighted by Gasteiger charge is -2.34. The van der Waals surface area contributed by atoms with Crippen LogP contribution in [0.2, 0.25) is 0 Å². The fourth-order valence-corrected chi connectivity index (χ4v) is 3.96. The van der Waals surface area contributed by atoms with Crippen molar-refractivity contribution in [3.8, 4) is 0 Å². The molecule has 0 aromatic carbocycles. The van der Waals surface area contributed by atoms with Gasteiger partial charge < -0.3 is 10.4 Å². The summed E-state index contributed by atoms with van der Waals surface area (Å²) in [6, 6.07) is 0.676. The number of rotatable bonds is 3. The van der Waals surface area contributed by atoms with Gasteiger partial charge in [0, 0.05) is 11.8 Å². The van der Waals surface area contributed by atoms with Crippen LogP contribution in [0, 0.1) is 0 Å². The molecule has 1 aliphatic heterocycles. The SMILES string of the molecule is OCC1(NC2CCCCC2)CCSC1. The molecule has 82 valence electrons. The van der Waals surface area contributed by atoms with E-state index >= 15 is 0 Å². The van der Waals surface area contributed by atoms with E-state index in [9.17, 15) is 5.11 Å². The van der Waals surface area contributed by atoms with E-state index in [0.29, 0.717) is 12.6 Å². The van der Waals surface area contributed by atoms with E-state index < -0.39 is 0 Å². The maximum Gasteiger partial charge on any atom is 0.0621 e. The molecule has 2 nitrogen and oxygen atoms in total. The van der Waals surface area contributed by atoms with Crippen molar-refractivity contribution in [1.29, 1.82) is 0 Å². The van der Waals surface area contributed by atoms with Crippen LogP contribution in [0.4, 0.5) is 0 Å². The monoisotopic (exact) mass is 215 g/mol. The van der Waals surface area contributed by atoms with Crippen LogP contribution in [0.1, 0.15) is 38.5 Å². The van der Waals surface area contributed by atoms with Crippen LogP contribution >= 0.6 is 11.8 Å². The first-order valence-electron chi connectivity index (χ1n) is 5.81. The first-order chi connectivity index (χ1) is 6.85. The molecule has 1 aliphatic carbocycles. The van der Waals surface area contributed by atoms with Gasteiger partial charge >= 0.3 is 0 Å². The van der Waals surface area contributed by atoms with Crippen LogP contribution in [-0.4, -0.2) is 34.8 Å². The molecular weight excluding hydrogens is 194 g/mol. The first kappa shape index (κ1) is 10.8. The molecule has 1 saturated carbocycles. The van der Waals surface area contributed by atoms with Crippen LogP contribution in [0.25, 0.3) is 0 Å². The molecule has 0 radical (unpaired) electrons. The van der Waals surface area contributed by atoms with Gasteiger partial charge in [-0.2, -0.15) is 11.8 Å². The van der Waals surface area contributed by atoms with Gasteiger partial charge in [-0.05, 0) is 25.0 Å². The predicted octanol–water partition coefficient (Wildman–Crippen LogP) is 1.78. The summed E-state index contributed by atoms with van der Waals surface area (Å²) in [5, 5.41) is 13.2. The van der Waals surface area contributed by atoms with Gasteiger partial charge in [0.1, 0.15) is 0 Å². The molecule has 2 aliphatic rings. The van der Waals surface area contributed by atoms with Crippen molar-refractivity contribution in [3.63, 3.8) is 0 Å². The zero-order valence-corrected chi connectivity index (χ0v) is 9.61. The molecule has 2 fully saturated rings. The van der Waals surface area contributed by atoms with E-state index in [1.54, 1.807) is 0 Å². The number of aliphatic hydroxyl groups is 1. The summed E-state index contributed by atoms with van der Waals surface area (Å²) in [5.74, 6) is 2.31. The average molecular weight is 215 g/mol. The second-order valence-electron chi connectivity index (χ2n) is 4.72. The number of hydrogen-bond donors (Lipinski definition) is 2. The molecule has 0 aromatic rings. The minimum absolute atomic E-state index is 0.0622. The first-order valence-corrected chi connectivity index (χ1v) is 6.96. The van der Waals surface area contributed by atoms with Gasteiger partial charge in [-0.15, -0.1) is 0 Å². The number of nitrogens with one attached hydrogen (secondary N) is 1. The van der Waals surface area contributed by atoms with Crippen LogP contribution in [0.3, 0.4) is 0 Å². The van der Waals surface area contributed by atoms with Crippen molar-refractivity contribution < 1.29 is 5.11 Å². The molecule has 0 amide bonds. The van der Waals surface area contributed by atoms with Crippen molar-refractivity contribution in [2.75, 3.05) is 18.1 Å². The zero-order valence-electron chi connectivity index (χ0n) is 8.80. The van der Waals surface area contributed by atoms with E-state index in [1.807, 2.05) is 11.8 Å². The normalized spacial score (nSPS) is 34.9. The predicted molar refractivity (Wildman–Crippen MR) is 61.8 cm³/mol. The summed E-state index contributed by atoms with van der Waals surface area (Å²) in [6.45, 7) is 0.316. The Morgan fingerprint density at radius 2 is 2.07 bits per heavy atom. The van der Waals surface area contributed by atoms with Crippen LogP contribution < -0.4 is 5.32 Å². The van der Waals surface area contributed by atoms with E-state index in [2.05, 4.69) is 5.32 Å². The Morgan fingerprint density at radius 1 is 1.29 bits per heavy atom. The molecule has 14 heavy (non-hydrogen) atoms. The highest BCUT2D eigenvalue weighted by molar-refractivity contribution is 7.99. The van der Waals surface area contributed by atoms with Crippen LogP contribution in [0.5, 0.6) is 0 Å². The van der Waals surface area contributed by atoms with Crippen LogP contribution in [0.15, 0.2) is 0 Å². The number of thioether (sulfide) groups is 1. The lowest BCUT2D eigenvalue weighted by atomic mass is 9.91. The molecule has 1 saturated heterocycles. The minimum atomic E-state index is 0.0622. The topological polar surface area (TPSA) is 32.3 Å². The fraction of sp³-hybridized carbons (Fsp3) is 1.00. The van der Waals surface area contributed by atoms with Crippen molar-refractivity contribution >= 4 is 11.8 Å². The largest absolute Gasteiger partial charge is 0.394 e. The molecule has 3 heteroatoms. The smallest absolute Gasteiger partial charge is 0.0621 e. The Morgan fingerprint density at radius 3 is 2.64 bits per heavy atom. The summed E-state index contributed by atoms with van der Waals surface area (Å²) in [7, 11) is 0. The van der Waals surface area contributed by atoms with Gasteiger partial charge in [0.2, 0.25) is 0 Å². The lowest BCUT2D eigenvalue weighted by molar-refractivity contribution is 0.155. The van der Waals surface area contributed by atoms with Crippen molar-refractivity contribution in [2.45, 2.75) is 50.1 Å². The van der Waals surface area contributed by atoms with Gasteiger partial charge in [0.15, 0.2) is 0 Å². The molecule has 0 bridgehead atoms. The second-order valence-corrected chi connectivity index (χ2v) is 5.83. The Balaban J connectivity index is 1.86. The van der Waals surface area contributed by atoms with E-state index in [0.717, 1.165) is 12.2 Å². The highest BCUT2D eigenvalue weighted by atomic mass is 32.2. The molecule has 1 unspecified atom stereocenters. The molecule has 1 heterocycles. The number of hydrogen-bond acceptors (Lipinski definition) is 3. The summed E-state index contributed by atoms with van der Waals surface area (Å²) in [5.41, 5.74) is 0.0622. The zero-order chi connectivity index (χ0) is 9.86. The quantitative estimate of drug-likeness (QED) is 0.752. The van der Waals surface area contributed by atoms with Crippen molar-refractivity contribution in [2.24, 2.45) is 0 Å². The summed E-state index contributed by atoms with van der Waals surface area (Å²) >= 11 is 1.97. The highest BCUT2D eigenvalue weighted by Gasteiger charge is 2.35. The highest BCUT2D eigenvalue weighted by Crippen LogP contribution is 2.30. The Kier molecular flexibility index (Phi) is 3.74. The third-order valence-electron chi connectivity index (χ3n) is 3.52. The van der Waals surface area contributed by atoms with Gasteiger partial charge in [-0.25, -0.2) is 0 Å². The minimum Gasteiger partial charge on any atom is -0.394 e. The summed E-state index contributed by atoms with van der Waals surface area (Å²) < 4.78 is 0. The standard InChI is InChI=1S/C11H21NOS/c13-8-11(6-7-14-9-11)12-10-4-2-1-3-5-10/h10,12-13H,1-9H2. The van der Waals surface area contributed by atoms with Gasteiger partial charge in [0.25, 0.3) is 0 Å². The molecular formula is C11H21NOS. The van der Waals surface area contributed by atoms with Crippen molar-refractivity contribution in [1.82, 2.24) is 5.32 Å². The Hall–Kier alpha value is 0.270. The van der Waals surface area contributed by atoms with Crippen LogP contribution in [-0.2, 0) is 0 Å². The molecule has 2 N–H and O–H groups in total. The molecule has 0 aromatic heterocycles. The van der Waals surface area contributed by atoms with E-state index in [1.165, 1.54) is 37.9 Å². The Labute approximate surface area is 90.8 Å². The van der Waals surface area contributed by atoms with Gasteiger partial charge in [0.05, 0.1) is 12.1 Å². The third kappa shape index (κ3) is 2.44. The van der Waals surface area contributed by atoms with E-state index in [4.69, 9.17) is 0 Å². The number of aliphatic hydroxyl groups excluding tert-OH is 1. The fourth-order valence-electron chi connectivity index (χ4n) is 2.57. The Bertz CT molecular complexity index is 174. The lowest BCUT2D eigenvalue weighted by Crippen LogP contribution is -2.53. The van der Waals surface area contributed by atoms with E-state index in [-0.39, 0.29) is 5.54 Å². The maximum absolute atomic E-state index is 9.47. The molecule has 2 rings (SSSR count). The molecule has 0 spiro atoms. The summed E-state index contributed by atoms with van der Waals surface area (Å²) in [6.07, 6.45) is 7.90. The maximum atomic E-state index is 9.47. The second kappa shape index (κ2) is 4.86. The van der Waals surface area contributed by atoms with Gasteiger partial charge in [-0.1, -0.05) is 19.3 Å². The van der Waals surface area contributed by atoms with Gasteiger partial charge in [-0.3, -0.25) is 0 Å². The third-order valence-corrected chi connectivity index (χ3v) is 4.77.